The number of nitrogens with one attached hydrogen (secondary N) is 2. The first-order valence-corrected chi connectivity index (χ1v) is 9.17. The van der Waals surface area contributed by atoms with Crippen LogP contribution in [-0.2, 0) is 4.79 Å². The lowest BCUT2D eigenvalue weighted by atomic mass is 10.0. The van der Waals surface area contributed by atoms with Crippen molar-refractivity contribution in [3.8, 4) is 0 Å². The number of hydrogen-bond donors (Lipinski definition) is 2. The molecular formula is C23H18FN3O2. The van der Waals surface area contributed by atoms with Gasteiger partial charge in [0.1, 0.15) is 5.82 Å². The number of carbonyl (C=O) groups is 2. The van der Waals surface area contributed by atoms with E-state index in [1.165, 1.54) is 24.3 Å². The molecule has 29 heavy (non-hydrogen) atoms. The molecule has 0 fully saturated rings. The van der Waals surface area contributed by atoms with E-state index in [1.54, 1.807) is 0 Å². The number of rotatable bonds is 5. The van der Waals surface area contributed by atoms with E-state index in [0.717, 1.165) is 11.1 Å². The zero-order valence-corrected chi connectivity index (χ0v) is 15.4. The molecule has 1 aliphatic heterocycles. The van der Waals surface area contributed by atoms with Crippen molar-refractivity contribution in [3.05, 3.63) is 101 Å². The Morgan fingerprint density at radius 1 is 0.966 bits per heavy atom. The van der Waals surface area contributed by atoms with Crippen LogP contribution in [-0.4, -0.2) is 30.1 Å². The van der Waals surface area contributed by atoms with Gasteiger partial charge < -0.3 is 5.32 Å². The lowest BCUT2D eigenvalue weighted by Crippen LogP contribution is -2.41. The lowest BCUT2D eigenvalue weighted by Gasteiger charge is -2.13. The van der Waals surface area contributed by atoms with Gasteiger partial charge in [-0.2, -0.15) is 0 Å². The van der Waals surface area contributed by atoms with Crippen LogP contribution in [0.4, 0.5) is 10.1 Å². The van der Waals surface area contributed by atoms with E-state index in [-0.39, 0.29) is 18.2 Å². The molecule has 144 valence electrons. The topological polar surface area (TPSA) is 70.6 Å². The highest BCUT2D eigenvalue weighted by molar-refractivity contribution is 6.19. The maximum absolute atomic E-state index is 13.1. The Morgan fingerprint density at radius 2 is 1.66 bits per heavy atom. The maximum Gasteiger partial charge on any atom is 0.264 e. The fraction of sp³-hybridized carbons (Fsp3) is 0.0870. The van der Waals surface area contributed by atoms with Gasteiger partial charge in [0.15, 0.2) is 11.9 Å². The number of benzene rings is 3. The number of carbonyl (C=O) groups excluding carboxylic acids is 2. The van der Waals surface area contributed by atoms with Crippen LogP contribution in [0.25, 0.3) is 0 Å². The van der Waals surface area contributed by atoms with Gasteiger partial charge in [0.2, 0.25) is 0 Å². The molecule has 5 nitrogen and oxygen atoms in total. The van der Waals surface area contributed by atoms with Gasteiger partial charge in [-0.1, -0.05) is 48.5 Å². The van der Waals surface area contributed by atoms with Crippen LogP contribution in [0, 0.1) is 5.82 Å². The summed E-state index contributed by atoms with van der Waals surface area (Å²) in [5.41, 5.74) is 3.36. The third-order valence-corrected chi connectivity index (χ3v) is 4.62. The van der Waals surface area contributed by atoms with Crippen LogP contribution in [0.15, 0.2) is 83.9 Å². The second-order valence-corrected chi connectivity index (χ2v) is 6.59. The maximum atomic E-state index is 13.1. The molecule has 4 rings (SSSR count). The highest BCUT2D eigenvalue weighted by atomic mass is 19.1. The molecule has 1 heterocycles. The third kappa shape index (κ3) is 4.12. The number of ketones is 1. The SMILES string of the molecule is O=C(CNC1N=C(c2ccccc2)c2ccccc2NC1=O)c1ccc(F)cc1. The summed E-state index contributed by atoms with van der Waals surface area (Å²) < 4.78 is 13.1. The Kier molecular flexibility index (Phi) is 5.27. The zero-order chi connectivity index (χ0) is 20.2. The molecule has 0 bridgehead atoms. The molecule has 0 aliphatic carbocycles. The average Bonchev–Trinajstić information content (AvgIpc) is 2.89. The van der Waals surface area contributed by atoms with E-state index in [1.807, 2.05) is 54.6 Å². The minimum atomic E-state index is -0.943. The van der Waals surface area contributed by atoms with Crippen LogP contribution in [0.1, 0.15) is 21.5 Å². The molecule has 0 saturated heterocycles. The van der Waals surface area contributed by atoms with Gasteiger partial charge in [-0.3, -0.25) is 19.9 Å². The van der Waals surface area contributed by atoms with Crippen LogP contribution < -0.4 is 10.6 Å². The minimum absolute atomic E-state index is 0.106. The Labute approximate surface area is 167 Å². The number of halogens is 1. The highest BCUT2D eigenvalue weighted by Crippen LogP contribution is 2.23. The Hall–Kier alpha value is -3.64. The minimum Gasteiger partial charge on any atom is -0.322 e. The van der Waals surface area contributed by atoms with E-state index in [9.17, 15) is 14.0 Å². The van der Waals surface area contributed by atoms with E-state index in [0.29, 0.717) is 17.0 Å². The van der Waals surface area contributed by atoms with E-state index >= 15 is 0 Å². The number of para-hydroxylation sites is 1. The summed E-state index contributed by atoms with van der Waals surface area (Å²) in [5, 5.41) is 5.78. The fourth-order valence-electron chi connectivity index (χ4n) is 3.15. The van der Waals surface area contributed by atoms with Gasteiger partial charge in [0.25, 0.3) is 5.91 Å². The van der Waals surface area contributed by atoms with Crippen LogP contribution in [0.5, 0.6) is 0 Å². The zero-order valence-electron chi connectivity index (χ0n) is 15.4. The summed E-state index contributed by atoms with van der Waals surface area (Å²) in [6, 6.07) is 22.3. The lowest BCUT2D eigenvalue weighted by molar-refractivity contribution is -0.117. The largest absolute Gasteiger partial charge is 0.322 e. The summed E-state index contributed by atoms with van der Waals surface area (Å²) in [6.07, 6.45) is -0.943. The second kappa shape index (κ2) is 8.16. The van der Waals surface area contributed by atoms with Crippen molar-refractivity contribution >= 4 is 23.1 Å². The number of amides is 1. The summed E-state index contributed by atoms with van der Waals surface area (Å²) in [4.78, 5) is 29.7. The van der Waals surface area contributed by atoms with Crippen LogP contribution in [0.3, 0.4) is 0 Å². The first kappa shape index (κ1) is 18.7. The molecule has 3 aromatic carbocycles. The molecule has 0 saturated carbocycles. The van der Waals surface area contributed by atoms with Crippen LogP contribution >= 0.6 is 0 Å². The standard InChI is InChI=1S/C23H18FN3O2/c24-17-12-10-15(11-13-17)20(28)14-25-22-23(29)26-19-9-5-4-8-18(19)21(27-22)16-6-2-1-3-7-16/h1-13,22,25H,14H2,(H,26,29). The van der Waals surface area contributed by atoms with Gasteiger partial charge in [0, 0.05) is 16.7 Å². The van der Waals surface area contributed by atoms with Gasteiger partial charge >= 0.3 is 0 Å². The molecule has 0 spiro atoms. The third-order valence-electron chi connectivity index (χ3n) is 4.62. The van der Waals surface area contributed by atoms with E-state index in [2.05, 4.69) is 15.6 Å². The molecule has 1 unspecified atom stereocenters. The number of hydrogen-bond acceptors (Lipinski definition) is 4. The molecular weight excluding hydrogens is 369 g/mol. The first-order valence-electron chi connectivity index (χ1n) is 9.17. The summed E-state index contributed by atoms with van der Waals surface area (Å²) in [5.74, 6) is -1.01. The van der Waals surface area contributed by atoms with Gasteiger partial charge in [-0.15, -0.1) is 0 Å². The average molecular weight is 387 g/mol. The quantitative estimate of drug-likeness (QED) is 0.659. The van der Waals surface area contributed by atoms with Gasteiger partial charge in [0.05, 0.1) is 17.9 Å². The predicted molar refractivity (Wildman–Crippen MR) is 110 cm³/mol. The summed E-state index contributed by atoms with van der Waals surface area (Å²) in [6.45, 7) is -0.106. The van der Waals surface area contributed by atoms with Crippen LogP contribution in [0.2, 0.25) is 0 Å². The molecule has 0 radical (unpaired) electrons. The highest BCUT2D eigenvalue weighted by Gasteiger charge is 2.25. The smallest absolute Gasteiger partial charge is 0.264 e. The normalized spacial score (nSPS) is 15.7. The molecule has 1 atom stereocenters. The summed E-state index contributed by atoms with van der Waals surface area (Å²) in [7, 11) is 0. The number of anilines is 1. The second-order valence-electron chi connectivity index (χ2n) is 6.59. The molecule has 1 aliphatic rings. The van der Waals surface area contributed by atoms with Crippen molar-refractivity contribution in [1.82, 2.24) is 5.32 Å². The Morgan fingerprint density at radius 3 is 2.41 bits per heavy atom. The number of aliphatic imine (C=N–C) groups is 1. The van der Waals surface area contributed by atoms with Crippen molar-refractivity contribution in [2.75, 3.05) is 11.9 Å². The van der Waals surface area contributed by atoms with Crippen molar-refractivity contribution in [3.63, 3.8) is 0 Å². The molecule has 0 aromatic heterocycles. The Balaban J connectivity index is 1.62. The van der Waals surface area contributed by atoms with Crippen molar-refractivity contribution in [2.45, 2.75) is 6.17 Å². The van der Waals surface area contributed by atoms with Crippen molar-refractivity contribution in [1.29, 1.82) is 0 Å². The number of nitrogens with zero attached hydrogens (tertiary/aromatic N) is 1. The number of Topliss-reactive ketones (excluding diaryl/α,β-unsaturated/α-hetero) is 1. The van der Waals surface area contributed by atoms with Gasteiger partial charge in [-0.05, 0) is 30.3 Å². The Bertz CT molecular complexity index is 1080. The van der Waals surface area contributed by atoms with E-state index in [4.69, 9.17) is 0 Å². The van der Waals surface area contributed by atoms with Crippen molar-refractivity contribution < 1.29 is 14.0 Å². The van der Waals surface area contributed by atoms with Gasteiger partial charge in [-0.25, -0.2) is 4.39 Å². The predicted octanol–water partition coefficient (Wildman–Crippen LogP) is 3.41. The molecule has 6 heteroatoms. The molecule has 2 N–H and O–H groups in total. The fourth-order valence-corrected chi connectivity index (χ4v) is 3.15. The molecule has 1 amide bonds. The van der Waals surface area contributed by atoms with Crippen molar-refractivity contribution in [2.24, 2.45) is 4.99 Å². The van der Waals surface area contributed by atoms with E-state index < -0.39 is 12.0 Å². The number of fused-ring (bicyclic) bond motifs is 1. The monoisotopic (exact) mass is 387 g/mol. The molecule has 3 aromatic rings. The first-order chi connectivity index (χ1) is 14.1. The number of benzodiazepines with no additional fused rings is 1. The summed E-state index contributed by atoms with van der Waals surface area (Å²) >= 11 is 0.